The number of nitrogens with zero attached hydrogens (tertiary/aromatic N) is 3. The van der Waals surface area contributed by atoms with E-state index in [9.17, 15) is 8.42 Å². The highest BCUT2D eigenvalue weighted by Gasteiger charge is 2.18. The monoisotopic (exact) mass is 326 g/mol. The lowest BCUT2D eigenvalue weighted by Crippen LogP contribution is -2.11. The van der Waals surface area contributed by atoms with Crippen molar-refractivity contribution in [3.05, 3.63) is 28.7 Å². The molecule has 0 aromatic carbocycles. The normalized spacial score (nSPS) is 13.5. The molecule has 1 atom stereocenters. The molecule has 2 aromatic rings. The molecule has 0 spiro atoms. The minimum Gasteiger partial charge on any atom is -0.339 e. The Morgan fingerprint density at radius 3 is 2.64 bits per heavy atom. The zero-order chi connectivity index (χ0) is 16.3. The maximum absolute atomic E-state index is 11.5. The van der Waals surface area contributed by atoms with Gasteiger partial charge in [0.1, 0.15) is 9.84 Å². The average Bonchev–Trinajstić information content (AvgIpc) is 3.03. The molecule has 0 bridgehead atoms. The summed E-state index contributed by atoms with van der Waals surface area (Å²) in [5.41, 5.74) is 3.17. The Kier molecular flexibility index (Phi) is 5.00. The van der Waals surface area contributed by atoms with Gasteiger partial charge >= 0.3 is 0 Å². The molecule has 1 N–H and O–H groups in total. The highest BCUT2D eigenvalue weighted by atomic mass is 32.2. The second-order valence-corrected chi connectivity index (χ2v) is 8.02. The van der Waals surface area contributed by atoms with Crippen molar-refractivity contribution in [2.24, 2.45) is 0 Å². The fourth-order valence-electron chi connectivity index (χ4n) is 2.52. The first-order valence-corrected chi connectivity index (χ1v) is 9.18. The predicted molar refractivity (Wildman–Crippen MR) is 82.5 cm³/mol. The van der Waals surface area contributed by atoms with E-state index in [1.807, 2.05) is 13.8 Å². The van der Waals surface area contributed by atoms with E-state index in [0.717, 1.165) is 17.0 Å². The molecule has 2 aromatic heterocycles. The molecule has 2 rings (SSSR count). The standard InChI is InChI=1S/C14H22N4O3S/c1-5-22(19,20)7-6-12-15-13(21-18-12)8-9(2)14-10(3)16-17-11(14)4/h9H,5-8H2,1-4H3,(H,16,17). The third-order valence-electron chi connectivity index (χ3n) is 3.75. The number of aromatic amines is 1. The largest absolute Gasteiger partial charge is 0.339 e. The van der Waals surface area contributed by atoms with Crippen LogP contribution in [0, 0.1) is 13.8 Å². The van der Waals surface area contributed by atoms with E-state index in [0.29, 0.717) is 18.1 Å². The molecule has 0 radical (unpaired) electrons. The molecule has 0 saturated carbocycles. The molecule has 0 aliphatic carbocycles. The smallest absolute Gasteiger partial charge is 0.227 e. The molecule has 8 heteroatoms. The summed E-state index contributed by atoms with van der Waals surface area (Å²) < 4.78 is 28.2. The van der Waals surface area contributed by atoms with Crippen LogP contribution in [0.4, 0.5) is 0 Å². The van der Waals surface area contributed by atoms with Gasteiger partial charge in [0.2, 0.25) is 5.89 Å². The Balaban J connectivity index is 2.00. The van der Waals surface area contributed by atoms with Gasteiger partial charge in [-0.15, -0.1) is 0 Å². The van der Waals surface area contributed by atoms with Gasteiger partial charge in [0.25, 0.3) is 0 Å². The van der Waals surface area contributed by atoms with Gasteiger partial charge in [-0.3, -0.25) is 5.10 Å². The van der Waals surface area contributed by atoms with E-state index < -0.39 is 9.84 Å². The molecule has 0 aliphatic rings. The van der Waals surface area contributed by atoms with Crippen LogP contribution in [0.5, 0.6) is 0 Å². The van der Waals surface area contributed by atoms with Gasteiger partial charge in [-0.25, -0.2) is 8.42 Å². The minimum absolute atomic E-state index is 0.0535. The van der Waals surface area contributed by atoms with Crippen molar-refractivity contribution in [1.29, 1.82) is 0 Å². The first-order chi connectivity index (χ1) is 10.3. The van der Waals surface area contributed by atoms with Crippen LogP contribution in [-0.4, -0.2) is 40.3 Å². The van der Waals surface area contributed by atoms with E-state index in [-0.39, 0.29) is 23.8 Å². The topological polar surface area (TPSA) is 102 Å². The van der Waals surface area contributed by atoms with Crippen LogP contribution in [0.25, 0.3) is 0 Å². The molecule has 0 amide bonds. The Labute approximate surface area is 130 Å². The van der Waals surface area contributed by atoms with Gasteiger partial charge in [0.15, 0.2) is 5.82 Å². The Hall–Kier alpha value is -1.70. The van der Waals surface area contributed by atoms with Crippen LogP contribution in [0.2, 0.25) is 0 Å². The number of aromatic nitrogens is 4. The van der Waals surface area contributed by atoms with Gasteiger partial charge in [0, 0.05) is 24.3 Å². The number of hydrogen-bond donors (Lipinski definition) is 1. The second-order valence-electron chi connectivity index (χ2n) is 5.54. The van der Waals surface area contributed by atoms with Crippen molar-refractivity contribution >= 4 is 9.84 Å². The van der Waals surface area contributed by atoms with E-state index in [1.54, 1.807) is 6.92 Å². The van der Waals surface area contributed by atoms with Gasteiger partial charge < -0.3 is 4.52 Å². The number of nitrogens with one attached hydrogen (secondary N) is 1. The minimum atomic E-state index is -3.01. The molecule has 1 unspecified atom stereocenters. The highest BCUT2D eigenvalue weighted by molar-refractivity contribution is 7.91. The summed E-state index contributed by atoms with van der Waals surface area (Å²) in [4.78, 5) is 4.28. The van der Waals surface area contributed by atoms with E-state index >= 15 is 0 Å². The Bertz CT molecular complexity index is 714. The van der Waals surface area contributed by atoms with Gasteiger partial charge in [-0.2, -0.15) is 10.1 Å². The lowest BCUT2D eigenvalue weighted by molar-refractivity contribution is 0.367. The number of hydrogen-bond acceptors (Lipinski definition) is 6. The quantitative estimate of drug-likeness (QED) is 0.831. The van der Waals surface area contributed by atoms with Gasteiger partial charge in [0.05, 0.1) is 11.4 Å². The summed E-state index contributed by atoms with van der Waals surface area (Å²) in [6, 6.07) is 0. The van der Waals surface area contributed by atoms with Crippen molar-refractivity contribution < 1.29 is 12.9 Å². The predicted octanol–water partition coefficient (Wildman–Crippen LogP) is 1.73. The third-order valence-corrected chi connectivity index (χ3v) is 5.45. The van der Waals surface area contributed by atoms with Crippen molar-refractivity contribution in [2.75, 3.05) is 11.5 Å². The lowest BCUT2D eigenvalue weighted by Gasteiger charge is -2.08. The SMILES string of the molecule is CCS(=O)(=O)CCc1noc(CC(C)c2c(C)n[nH]c2C)n1. The summed E-state index contributed by atoms with van der Waals surface area (Å²) in [7, 11) is -3.01. The Morgan fingerprint density at radius 2 is 2.05 bits per heavy atom. The molecule has 7 nitrogen and oxygen atoms in total. The first-order valence-electron chi connectivity index (χ1n) is 7.35. The fraction of sp³-hybridized carbons (Fsp3) is 0.643. The van der Waals surface area contributed by atoms with Crippen LogP contribution in [0.15, 0.2) is 4.52 Å². The Morgan fingerprint density at radius 1 is 1.32 bits per heavy atom. The third kappa shape index (κ3) is 3.94. The molecular formula is C14H22N4O3S. The summed E-state index contributed by atoms with van der Waals surface area (Å²) in [6.45, 7) is 7.66. The van der Waals surface area contributed by atoms with E-state index in [1.165, 1.54) is 0 Å². The molecule has 122 valence electrons. The maximum atomic E-state index is 11.5. The number of H-pyrrole nitrogens is 1. The lowest BCUT2D eigenvalue weighted by atomic mass is 9.96. The zero-order valence-corrected chi connectivity index (χ0v) is 14.2. The number of rotatable bonds is 7. The van der Waals surface area contributed by atoms with Crippen LogP contribution in [-0.2, 0) is 22.7 Å². The molecule has 0 aliphatic heterocycles. The zero-order valence-electron chi connectivity index (χ0n) is 13.4. The molecular weight excluding hydrogens is 304 g/mol. The summed E-state index contributed by atoms with van der Waals surface area (Å²) >= 11 is 0. The van der Waals surface area contributed by atoms with Crippen LogP contribution in [0.3, 0.4) is 0 Å². The van der Waals surface area contributed by atoms with Crippen LogP contribution < -0.4 is 0 Å². The van der Waals surface area contributed by atoms with Crippen LogP contribution in [0.1, 0.15) is 48.4 Å². The summed E-state index contributed by atoms with van der Waals surface area (Å²) in [6.07, 6.45) is 0.895. The highest BCUT2D eigenvalue weighted by Crippen LogP contribution is 2.24. The summed E-state index contributed by atoms with van der Waals surface area (Å²) in [5.74, 6) is 1.36. The average molecular weight is 326 g/mol. The molecule has 0 fully saturated rings. The molecule has 2 heterocycles. The number of aryl methyl sites for hydroxylation is 3. The maximum Gasteiger partial charge on any atom is 0.227 e. The summed E-state index contributed by atoms with van der Waals surface area (Å²) in [5, 5.41) is 11.0. The van der Waals surface area contributed by atoms with Crippen molar-refractivity contribution in [2.45, 2.75) is 46.5 Å². The van der Waals surface area contributed by atoms with Gasteiger partial charge in [-0.05, 0) is 25.3 Å². The molecule has 22 heavy (non-hydrogen) atoms. The van der Waals surface area contributed by atoms with Crippen molar-refractivity contribution in [1.82, 2.24) is 20.3 Å². The van der Waals surface area contributed by atoms with E-state index in [2.05, 4.69) is 27.3 Å². The van der Waals surface area contributed by atoms with Crippen molar-refractivity contribution in [3.63, 3.8) is 0 Å². The second kappa shape index (κ2) is 6.60. The first kappa shape index (κ1) is 16.7. The van der Waals surface area contributed by atoms with Crippen LogP contribution >= 0.6 is 0 Å². The molecule has 0 saturated heterocycles. The van der Waals surface area contributed by atoms with Crippen molar-refractivity contribution in [3.8, 4) is 0 Å². The fourth-order valence-corrected chi connectivity index (χ4v) is 3.30. The van der Waals surface area contributed by atoms with E-state index in [4.69, 9.17) is 4.52 Å². The number of sulfone groups is 1. The van der Waals surface area contributed by atoms with Gasteiger partial charge in [-0.1, -0.05) is 19.0 Å².